The van der Waals surface area contributed by atoms with Crippen molar-refractivity contribution < 1.29 is 4.84 Å². The Morgan fingerprint density at radius 1 is 1.78 bits per heavy atom. The van der Waals surface area contributed by atoms with Crippen molar-refractivity contribution in [3.05, 3.63) is 11.9 Å². The van der Waals surface area contributed by atoms with E-state index in [1.54, 1.807) is 6.20 Å². The van der Waals surface area contributed by atoms with E-state index in [1.807, 2.05) is 13.8 Å². The van der Waals surface area contributed by atoms with Crippen LogP contribution < -0.4 is 4.84 Å². The second-order valence-corrected chi connectivity index (χ2v) is 1.68. The summed E-state index contributed by atoms with van der Waals surface area (Å²) in [6.07, 6.45) is 1.73. The Hall–Kier alpha value is -1.06. The summed E-state index contributed by atoms with van der Waals surface area (Å²) in [7, 11) is 0. The van der Waals surface area contributed by atoms with Gasteiger partial charge in [0.1, 0.15) is 6.61 Å². The van der Waals surface area contributed by atoms with Crippen molar-refractivity contribution in [3.8, 4) is 0 Å². The number of rotatable bonds is 2. The fraction of sp³-hybridized carbons (Fsp3) is 0.600. The molecule has 1 aromatic rings. The summed E-state index contributed by atoms with van der Waals surface area (Å²) in [5.74, 6) is 0. The van der Waals surface area contributed by atoms with Crippen molar-refractivity contribution >= 4 is 0 Å². The second-order valence-electron chi connectivity index (χ2n) is 1.68. The molecule has 1 aromatic heterocycles. The van der Waals surface area contributed by atoms with Crippen LogP contribution in [-0.2, 0) is 0 Å². The SMILES string of the molecule is CCOn1cc(C)nn1. The molecule has 0 radical (unpaired) electrons. The van der Waals surface area contributed by atoms with Gasteiger partial charge in [-0.3, -0.25) is 0 Å². The van der Waals surface area contributed by atoms with Crippen LogP contribution in [0.3, 0.4) is 0 Å². The summed E-state index contributed by atoms with van der Waals surface area (Å²) in [5, 5.41) is 7.37. The molecule has 1 rings (SSSR count). The standard InChI is InChI=1S/C5H9N3O/c1-3-9-8-4-5(2)6-7-8/h4H,3H2,1-2H3. The Kier molecular flexibility index (Phi) is 1.67. The van der Waals surface area contributed by atoms with Gasteiger partial charge in [0.2, 0.25) is 0 Å². The van der Waals surface area contributed by atoms with Gasteiger partial charge in [-0.05, 0) is 19.1 Å². The molecule has 0 N–H and O–H groups in total. The first-order valence-electron chi connectivity index (χ1n) is 2.85. The summed E-state index contributed by atoms with van der Waals surface area (Å²) in [6.45, 7) is 4.38. The molecule has 0 spiro atoms. The Morgan fingerprint density at radius 2 is 2.56 bits per heavy atom. The molecule has 0 atom stereocenters. The zero-order valence-corrected chi connectivity index (χ0v) is 5.53. The molecule has 0 unspecified atom stereocenters. The van der Waals surface area contributed by atoms with Crippen LogP contribution in [0.2, 0.25) is 0 Å². The van der Waals surface area contributed by atoms with Crippen LogP contribution >= 0.6 is 0 Å². The number of aromatic nitrogens is 3. The lowest BCUT2D eigenvalue weighted by Gasteiger charge is -1.96. The normalized spacial score (nSPS) is 9.56. The molecular formula is C5H9N3O. The van der Waals surface area contributed by atoms with E-state index in [-0.39, 0.29) is 0 Å². The molecule has 9 heavy (non-hydrogen) atoms. The van der Waals surface area contributed by atoms with Gasteiger partial charge in [0.25, 0.3) is 0 Å². The Labute approximate surface area is 53.4 Å². The summed E-state index contributed by atoms with van der Waals surface area (Å²) in [5.41, 5.74) is 0.864. The molecule has 4 heteroatoms. The zero-order chi connectivity index (χ0) is 6.69. The molecule has 0 amide bonds. The smallest absolute Gasteiger partial charge is 0.114 e. The van der Waals surface area contributed by atoms with Crippen LogP contribution in [0.4, 0.5) is 0 Å². The van der Waals surface area contributed by atoms with Crippen LogP contribution in [0.1, 0.15) is 12.6 Å². The maximum atomic E-state index is 4.97. The molecule has 0 aliphatic heterocycles. The van der Waals surface area contributed by atoms with E-state index in [2.05, 4.69) is 10.3 Å². The third-order valence-electron chi connectivity index (χ3n) is 0.849. The Balaban J connectivity index is 2.61. The van der Waals surface area contributed by atoms with Gasteiger partial charge in [0.15, 0.2) is 0 Å². The first-order chi connectivity index (χ1) is 4.33. The lowest BCUT2D eigenvalue weighted by molar-refractivity contribution is 0.0884. The molecule has 0 saturated carbocycles. The summed E-state index contributed by atoms with van der Waals surface area (Å²) >= 11 is 0. The fourth-order valence-electron chi connectivity index (χ4n) is 0.521. The van der Waals surface area contributed by atoms with E-state index in [0.29, 0.717) is 6.61 Å². The van der Waals surface area contributed by atoms with Crippen molar-refractivity contribution in [3.63, 3.8) is 0 Å². The van der Waals surface area contributed by atoms with Crippen LogP contribution in [0, 0.1) is 6.92 Å². The van der Waals surface area contributed by atoms with E-state index >= 15 is 0 Å². The van der Waals surface area contributed by atoms with Gasteiger partial charge in [0.05, 0.1) is 11.9 Å². The number of aryl methyl sites for hydroxylation is 1. The van der Waals surface area contributed by atoms with Gasteiger partial charge >= 0.3 is 0 Å². The first-order valence-corrected chi connectivity index (χ1v) is 2.85. The van der Waals surface area contributed by atoms with Crippen LogP contribution in [0.15, 0.2) is 6.20 Å². The van der Waals surface area contributed by atoms with Gasteiger partial charge in [0, 0.05) is 0 Å². The maximum absolute atomic E-state index is 4.97. The van der Waals surface area contributed by atoms with Gasteiger partial charge in [-0.25, -0.2) is 0 Å². The number of hydrogen-bond donors (Lipinski definition) is 0. The van der Waals surface area contributed by atoms with Crippen LogP contribution in [0.25, 0.3) is 0 Å². The van der Waals surface area contributed by atoms with Crippen molar-refractivity contribution in [2.75, 3.05) is 6.61 Å². The molecule has 4 nitrogen and oxygen atoms in total. The van der Waals surface area contributed by atoms with Crippen LogP contribution in [0.5, 0.6) is 0 Å². The highest BCUT2D eigenvalue weighted by Gasteiger charge is 1.91. The number of nitrogens with zero attached hydrogens (tertiary/aromatic N) is 3. The second kappa shape index (κ2) is 2.48. The van der Waals surface area contributed by atoms with E-state index < -0.39 is 0 Å². The summed E-state index contributed by atoms with van der Waals surface area (Å²) < 4.78 is 0. The Bertz CT molecular complexity index is 184. The van der Waals surface area contributed by atoms with E-state index in [0.717, 1.165) is 5.69 Å². The minimum Gasteiger partial charge on any atom is -0.396 e. The molecule has 1 heterocycles. The Morgan fingerprint density at radius 3 is 3.00 bits per heavy atom. The average molecular weight is 127 g/mol. The topological polar surface area (TPSA) is 39.9 Å². The largest absolute Gasteiger partial charge is 0.396 e. The maximum Gasteiger partial charge on any atom is 0.114 e. The quantitative estimate of drug-likeness (QED) is 0.563. The lowest BCUT2D eigenvalue weighted by atomic mass is 10.6. The van der Waals surface area contributed by atoms with Gasteiger partial charge in [-0.15, -0.1) is 5.10 Å². The highest BCUT2D eigenvalue weighted by atomic mass is 16.7. The molecule has 0 saturated heterocycles. The third-order valence-corrected chi connectivity index (χ3v) is 0.849. The fourth-order valence-corrected chi connectivity index (χ4v) is 0.521. The monoisotopic (exact) mass is 127 g/mol. The molecule has 0 fully saturated rings. The highest BCUT2D eigenvalue weighted by Crippen LogP contribution is 1.84. The average Bonchev–Trinajstić information content (AvgIpc) is 2.17. The minimum absolute atomic E-state index is 0.614. The van der Waals surface area contributed by atoms with Gasteiger partial charge in [-0.1, -0.05) is 4.85 Å². The first kappa shape index (κ1) is 6.07. The lowest BCUT2D eigenvalue weighted by Crippen LogP contribution is -2.10. The van der Waals surface area contributed by atoms with E-state index in [1.165, 1.54) is 4.85 Å². The zero-order valence-electron chi connectivity index (χ0n) is 5.53. The molecule has 0 bridgehead atoms. The summed E-state index contributed by atoms with van der Waals surface area (Å²) in [4.78, 5) is 6.33. The molecule has 50 valence electrons. The van der Waals surface area contributed by atoms with Crippen molar-refractivity contribution in [1.29, 1.82) is 0 Å². The van der Waals surface area contributed by atoms with Crippen LogP contribution in [-0.4, -0.2) is 21.8 Å². The van der Waals surface area contributed by atoms with Crippen molar-refractivity contribution in [1.82, 2.24) is 15.2 Å². The minimum atomic E-state index is 0.614. The molecule has 0 aliphatic carbocycles. The number of hydrogen-bond acceptors (Lipinski definition) is 3. The molecule has 0 aliphatic rings. The van der Waals surface area contributed by atoms with E-state index in [9.17, 15) is 0 Å². The summed E-state index contributed by atoms with van der Waals surface area (Å²) in [6, 6.07) is 0. The third kappa shape index (κ3) is 1.42. The highest BCUT2D eigenvalue weighted by molar-refractivity contribution is 4.84. The van der Waals surface area contributed by atoms with Gasteiger partial charge < -0.3 is 4.84 Å². The predicted octanol–water partition coefficient (Wildman–Crippen LogP) is 0.0350. The van der Waals surface area contributed by atoms with E-state index in [4.69, 9.17) is 4.84 Å². The van der Waals surface area contributed by atoms with Crippen molar-refractivity contribution in [2.45, 2.75) is 13.8 Å². The molecular weight excluding hydrogens is 118 g/mol. The van der Waals surface area contributed by atoms with Gasteiger partial charge in [-0.2, -0.15) is 0 Å². The molecule has 0 aromatic carbocycles. The van der Waals surface area contributed by atoms with Crippen molar-refractivity contribution in [2.24, 2.45) is 0 Å². The predicted molar refractivity (Wildman–Crippen MR) is 31.9 cm³/mol.